The quantitative estimate of drug-likeness (QED) is 0.333. The summed E-state index contributed by atoms with van der Waals surface area (Å²) in [5, 5.41) is 16.6. The number of tetrazole rings is 1. The largest absolute Gasteiger partial charge is 0.497 e. The molecular weight excluding hydrogens is 566 g/mol. The second-order valence-corrected chi connectivity index (χ2v) is 15.0. The molecule has 0 bridgehead atoms. The molecule has 0 unspecified atom stereocenters. The van der Waals surface area contributed by atoms with Gasteiger partial charge in [-0.05, 0) is 104 Å². The summed E-state index contributed by atoms with van der Waals surface area (Å²) in [6.45, 7) is 13.9. The van der Waals surface area contributed by atoms with Crippen molar-refractivity contribution in [3.8, 4) is 0 Å². The summed E-state index contributed by atoms with van der Waals surface area (Å²) in [4.78, 5) is 35.1. The zero-order valence-electron chi connectivity index (χ0n) is 27.9. The molecule has 0 radical (unpaired) electrons. The molecule has 5 rings (SSSR count). The van der Waals surface area contributed by atoms with Gasteiger partial charge < -0.3 is 15.0 Å². The summed E-state index contributed by atoms with van der Waals surface area (Å²) < 4.78 is 5.55. The van der Waals surface area contributed by atoms with Crippen LogP contribution in [0.1, 0.15) is 121 Å². The van der Waals surface area contributed by atoms with Gasteiger partial charge in [-0.2, -0.15) is 5.21 Å². The molecule has 2 amide bonds. The first-order valence-electron chi connectivity index (χ1n) is 16.3. The van der Waals surface area contributed by atoms with E-state index in [1.807, 2.05) is 30.3 Å². The number of hydrogen-bond donors (Lipinski definition) is 2. The summed E-state index contributed by atoms with van der Waals surface area (Å²) in [7, 11) is 1.67. The zero-order valence-corrected chi connectivity index (χ0v) is 27.9. The number of carbonyl (C=O) groups excluding carboxylic acids is 2. The number of aliphatic imine (C=N–C) groups is 1. The Morgan fingerprint density at radius 3 is 2.44 bits per heavy atom. The van der Waals surface area contributed by atoms with E-state index in [0.717, 1.165) is 68.3 Å². The third-order valence-electron chi connectivity index (χ3n) is 9.65. The van der Waals surface area contributed by atoms with Crippen molar-refractivity contribution in [2.24, 2.45) is 21.7 Å². The van der Waals surface area contributed by atoms with Crippen molar-refractivity contribution >= 4 is 17.5 Å². The fourth-order valence-corrected chi connectivity index (χ4v) is 6.94. The van der Waals surface area contributed by atoms with Gasteiger partial charge in [-0.15, -0.1) is 10.2 Å². The number of nitrogens with zero attached hydrogens (tertiary/aromatic N) is 5. The average Bonchev–Trinajstić information content (AvgIpc) is 3.62. The van der Waals surface area contributed by atoms with Crippen LogP contribution in [-0.4, -0.2) is 55.8 Å². The summed E-state index contributed by atoms with van der Waals surface area (Å²) in [6, 6.07) is 7.51. The predicted molar refractivity (Wildman–Crippen MR) is 174 cm³/mol. The minimum absolute atomic E-state index is 0.00801. The van der Waals surface area contributed by atoms with Gasteiger partial charge in [0.15, 0.2) is 5.82 Å². The fraction of sp³-hybridized carbons (Fsp3) is 0.600. The monoisotopic (exact) mass is 615 g/mol. The van der Waals surface area contributed by atoms with Crippen molar-refractivity contribution in [3.63, 3.8) is 0 Å². The molecule has 3 aliphatic rings. The molecule has 0 saturated heterocycles. The van der Waals surface area contributed by atoms with Crippen molar-refractivity contribution in [2.45, 2.75) is 111 Å². The Morgan fingerprint density at radius 2 is 1.84 bits per heavy atom. The van der Waals surface area contributed by atoms with Crippen LogP contribution in [0, 0.1) is 16.7 Å². The Morgan fingerprint density at radius 1 is 1.13 bits per heavy atom. The topological polar surface area (TPSA) is 125 Å². The zero-order chi connectivity index (χ0) is 32.4. The molecule has 1 atom stereocenters. The van der Waals surface area contributed by atoms with E-state index in [0.29, 0.717) is 23.0 Å². The Kier molecular flexibility index (Phi) is 9.33. The van der Waals surface area contributed by atoms with Crippen molar-refractivity contribution in [1.82, 2.24) is 30.8 Å². The van der Waals surface area contributed by atoms with Crippen molar-refractivity contribution in [3.05, 3.63) is 64.7 Å². The normalized spacial score (nSPS) is 23.0. The highest BCUT2D eigenvalue weighted by Crippen LogP contribution is 2.50. The second-order valence-electron chi connectivity index (χ2n) is 15.0. The molecule has 242 valence electrons. The molecule has 1 aromatic carbocycles. The van der Waals surface area contributed by atoms with Gasteiger partial charge >= 0.3 is 0 Å². The minimum atomic E-state index is -0.591. The molecule has 10 heteroatoms. The molecule has 2 aliphatic carbocycles. The maximum atomic E-state index is 14.7. The van der Waals surface area contributed by atoms with Gasteiger partial charge in [0.25, 0.3) is 11.8 Å². The number of aromatic nitrogens is 4. The minimum Gasteiger partial charge on any atom is -0.497 e. The number of H-pyrrole nitrogens is 1. The summed E-state index contributed by atoms with van der Waals surface area (Å²) in [5.74, 6) is 1.57. The van der Waals surface area contributed by atoms with E-state index in [2.05, 4.69) is 78.5 Å². The molecule has 1 aliphatic heterocycles. The van der Waals surface area contributed by atoms with Gasteiger partial charge in [0, 0.05) is 5.56 Å². The number of rotatable bonds is 9. The van der Waals surface area contributed by atoms with Crippen LogP contribution in [0.3, 0.4) is 0 Å². The number of methoxy groups -OCH3 is 1. The predicted octanol–water partition coefficient (Wildman–Crippen LogP) is 6.46. The summed E-state index contributed by atoms with van der Waals surface area (Å²) >= 11 is 0. The molecule has 1 aromatic heterocycles. The van der Waals surface area contributed by atoms with Gasteiger partial charge in [0.2, 0.25) is 0 Å². The van der Waals surface area contributed by atoms with Gasteiger partial charge in [-0.25, -0.2) is 0 Å². The Balaban J connectivity index is 1.49. The van der Waals surface area contributed by atoms with E-state index in [1.54, 1.807) is 7.11 Å². The number of nitrogens with one attached hydrogen (secondary N) is 2. The van der Waals surface area contributed by atoms with Crippen LogP contribution in [0.5, 0.6) is 0 Å². The highest BCUT2D eigenvalue weighted by molar-refractivity contribution is 6.46. The van der Waals surface area contributed by atoms with Crippen LogP contribution in [0.2, 0.25) is 0 Å². The van der Waals surface area contributed by atoms with Crippen LogP contribution in [-0.2, 0) is 16.1 Å². The first kappa shape index (κ1) is 32.6. The summed E-state index contributed by atoms with van der Waals surface area (Å²) in [5.41, 5.74) is 2.80. The molecule has 1 fully saturated rings. The van der Waals surface area contributed by atoms with Gasteiger partial charge in [-0.1, -0.05) is 58.9 Å². The number of amides is 2. The van der Waals surface area contributed by atoms with E-state index in [-0.39, 0.29) is 35.2 Å². The number of ether oxygens (including phenoxy) is 1. The Labute approximate surface area is 267 Å². The van der Waals surface area contributed by atoms with Crippen LogP contribution in [0.25, 0.3) is 0 Å². The van der Waals surface area contributed by atoms with Crippen LogP contribution < -0.4 is 5.32 Å². The van der Waals surface area contributed by atoms with Gasteiger partial charge in [0.05, 0.1) is 19.7 Å². The van der Waals surface area contributed by atoms with Crippen molar-refractivity contribution in [2.75, 3.05) is 7.11 Å². The molecule has 2 N–H and O–H groups in total. The molecule has 45 heavy (non-hydrogen) atoms. The van der Waals surface area contributed by atoms with Gasteiger partial charge in [-0.3, -0.25) is 14.6 Å². The van der Waals surface area contributed by atoms with Crippen LogP contribution >= 0.6 is 0 Å². The molecule has 1 saturated carbocycles. The second kappa shape index (κ2) is 12.9. The molecular formula is C35H49N7O3. The first-order valence-corrected chi connectivity index (χ1v) is 16.3. The highest BCUT2D eigenvalue weighted by atomic mass is 16.5. The number of hydrogen-bond acceptors (Lipinski definition) is 7. The lowest BCUT2D eigenvalue weighted by atomic mass is 9.69. The SMILES string of the molecule is COC1=CCCC(C2=NC3(CCC(C(C)(C)C)CC3)N([C@H](CCC(C)(C)C)c3ccc(C(=O)NCc4nn[nH]n4)cc3)C2=O)=C1. The first-order chi connectivity index (χ1) is 21.3. The third kappa shape index (κ3) is 7.36. The standard InChI is InChI=1S/C35H49N7O3/c1-33(2,3)18-17-28(23-11-13-24(14-12-23)31(43)36-22-29-38-40-41-39-29)42-32(44)30(25-9-8-10-27(21-25)45-7)37-35(42)19-15-26(16-20-35)34(4,5)6/h10-14,21,26,28H,8-9,15-20,22H2,1-7H3,(H,36,43)(H,38,39,40,41)/t26?,28-,35?/m1/s1. The smallest absolute Gasteiger partial charge is 0.274 e. The van der Waals surface area contributed by atoms with Crippen LogP contribution in [0.4, 0.5) is 0 Å². The maximum absolute atomic E-state index is 14.7. The lowest BCUT2D eigenvalue weighted by Gasteiger charge is -2.47. The van der Waals surface area contributed by atoms with E-state index in [4.69, 9.17) is 9.73 Å². The fourth-order valence-electron chi connectivity index (χ4n) is 6.94. The maximum Gasteiger partial charge on any atom is 0.274 e. The molecule has 2 aromatic rings. The number of benzene rings is 1. The van der Waals surface area contributed by atoms with Crippen LogP contribution in [0.15, 0.2) is 52.7 Å². The summed E-state index contributed by atoms with van der Waals surface area (Å²) in [6.07, 6.45) is 11.1. The van der Waals surface area contributed by atoms with E-state index in [9.17, 15) is 9.59 Å². The number of allylic oxidation sites excluding steroid dienone is 2. The van der Waals surface area contributed by atoms with E-state index < -0.39 is 5.66 Å². The van der Waals surface area contributed by atoms with E-state index >= 15 is 0 Å². The Hall–Kier alpha value is -3.82. The Bertz CT molecular complexity index is 1450. The lowest BCUT2D eigenvalue weighted by Crippen LogP contribution is -2.51. The number of carbonyl (C=O) groups is 2. The third-order valence-corrected chi connectivity index (χ3v) is 9.65. The van der Waals surface area contributed by atoms with Gasteiger partial charge in [0.1, 0.15) is 17.1 Å². The number of aromatic amines is 1. The molecule has 2 heterocycles. The highest BCUT2D eigenvalue weighted by Gasteiger charge is 2.53. The molecule has 1 spiro atoms. The molecule has 10 nitrogen and oxygen atoms in total. The van der Waals surface area contributed by atoms with E-state index in [1.165, 1.54) is 0 Å². The lowest BCUT2D eigenvalue weighted by molar-refractivity contribution is -0.134. The average molecular weight is 616 g/mol. The van der Waals surface area contributed by atoms with Crippen molar-refractivity contribution in [1.29, 1.82) is 0 Å². The van der Waals surface area contributed by atoms with Crippen molar-refractivity contribution < 1.29 is 14.3 Å².